The number of hydrogen-bond acceptors (Lipinski definition) is 2. The summed E-state index contributed by atoms with van der Waals surface area (Å²) < 4.78 is 0. The summed E-state index contributed by atoms with van der Waals surface area (Å²) in [4.78, 5) is 12.2. The highest BCUT2D eigenvalue weighted by Crippen LogP contribution is 2.41. The molecule has 1 amide bonds. The molecule has 0 aromatic rings. The SMILES string of the molecule is CCC1(C(=O)NCCC2CCCN2)CCCC1. The van der Waals surface area contributed by atoms with E-state index in [-0.39, 0.29) is 5.41 Å². The van der Waals surface area contributed by atoms with Gasteiger partial charge >= 0.3 is 0 Å². The summed E-state index contributed by atoms with van der Waals surface area (Å²) in [6, 6.07) is 0.636. The summed E-state index contributed by atoms with van der Waals surface area (Å²) in [7, 11) is 0. The van der Waals surface area contributed by atoms with E-state index in [0.29, 0.717) is 11.9 Å². The second kappa shape index (κ2) is 5.85. The van der Waals surface area contributed by atoms with Crippen LogP contribution in [0.3, 0.4) is 0 Å². The van der Waals surface area contributed by atoms with Crippen LogP contribution in [0.15, 0.2) is 0 Å². The van der Waals surface area contributed by atoms with Crippen molar-refractivity contribution >= 4 is 5.91 Å². The lowest BCUT2D eigenvalue weighted by Crippen LogP contribution is -2.40. The molecule has 0 spiro atoms. The third kappa shape index (κ3) is 3.01. The molecular formula is C14H26N2O. The molecule has 1 saturated carbocycles. The molecule has 0 aromatic heterocycles. The van der Waals surface area contributed by atoms with E-state index in [1.165, 1.54) is 25.7 Å². The summed E-state index contributed by atoms with van der Waals surface area (Å²) >= 11 is 0. The van der Waals surface area contributed by atoms with Gasteiger partial charge in [-0.3, -0.25) is 4.79 Å². The van der Waals surface area contributed by atoms with E-state index in [1.807, 2.05) is 0 Å². The van der Waals surface area contributed by atoms with Gasteiger partial charge in [0.05, 0.1) is 0 Å². The second-order valence-corrected chi connectivity index (χ2v) is 5.68. The molecule has 2 N–H and O–H groups in total. The maximum absolute atomic E-state index is 12.2. The minimum Gasteiger partial charge on any atom is -0.356 e. The van der Waals surface area contributed by atoms with Crippen LogP contribution in [0.25, 0.3) is 0 Å². The monoisotopic (exact) mass is 238 g/mol. The first kappa shape index (κ1) is 12.9. The van der Waals surface area contributed by atoms with Gasteiger partial charge in [0.15, 0.2) is 0 Å². The molecule has 0 aromatic carbocycles. The van der Waals surface area contributed by atoms with Crippen molar-refractivity contribution < 1.29 is 4.79 Å². The van der Waals surface area contributed by atoms with E-state index in [2.05, 4.69) is 17.6 Å². The number of rotatable bonds is 5. The Morgan fingerprint density at radius 1 is 1.35 bits per heavy atom. The van der Waals surface area contributed by atoms with Gasteiger partial charge in [-0.25, -0.2) is 0 Å². The maximum Gasteiger partial charge on any atom is 0.226 e. The molecule has 98 valence electrons. The third-order valence-corrected chi connectivity index (χ3v) is 4.66. The fourth-order valence-electron chi connectivity index (χ4n) is 3.34. The van der Waals surface area contributed by atoms with Gasteiger partial charge in [-0.05, 0) is 45.1 Å². The molecule has 0 bridgehead atoms. The fourth-order valence-corrected chi connectivity index (χ4v) is 3.34. The van der Waals surface area contributed by atoms with E-state index in [4.69, 9.17) is 0 Å². The van der Waals surface area contributed by atoms with Gasteiger partial charge in [0.2, 0.25) is 5.91 Å². The van der Waals surface area contributed by atoms with E-state index < -0.39 is 0 Å². The van der Waals surface area contributed by atoms with E-state index in [1.54, 1.807) is 0 Å². The first-order valence-corrected chi connectivity index (χ1v) is 7.28. The van der Waals surface area contributed by atoms with Crippen LogP contribution in [0.5, 0.6) is 0 Å². The van der Waals surface area contributed by atoms with Gasteiger partial charge in [-0.15, -0.1) is 0 Å². The zero-order valence-corrected chi connectivity index (χ0v) is 11.1. The zero-order chi connectivity index (χ0) is 12.1. The van der Waals surface area contributed by atoms with Crippen molar-refractivity contribution in [3.8, 4) is 0 Å². The van der Waals surface area contributed by atoms with Crippen LogP contribution in [0.4, 0.5) is 0 Å². The highest BCUT2D eigenvalue weighted by Gasteiger charge is 2.38. The summed E-state index contributed by atoms with van der Waals surface area (Å²) in [5, 5.41) is 6.64. The Morgan fingerprint density at radius 3 is 2.71 bits per heavy atom. The molecule has 1 unspecified atom stereocenters. The number of carbonyl (C=O) groups is 1. The fraction of sp³-hybridized carbons (Fsp3) is 0.929. The predicted octanol–water partition coefficient (Wildman–Crippen LogP) is 2.22. The standard InChI is InChI=1S/C14H26N2O/c1-2-14(8-3-4-9-14)13(17)16-11-7-12-6-5-10-15-12/h12,15H,2-11H2,1H3,(H,16,17). The average molecular weight is 238 g/mol. The van der Waals surface area contributed by atoms with E-state index in [9.17, 15) is 4.79 Å². The molecule has 1 aliphatic carbocycles. The molecule has 1 atom stereocenters. The van der Waals surface area contributed by atoms with Crippen LogP contribution in [-0.4, -0.2) is 25.0 Å². The molecule has 0 radical (unpaired) electrons. The second-order valence-electron chi connectivity index (χ2n) is 5.68. The van der Waals surface area contributed by atoms with Crippen LogP contribution in [0.2, 0.25) is 0 Å². The first-order chi connectivity index (χ1) is 8.27. The van der Waals surface area contributed by atoms with Crippen molar-refractivity contribution in [2.75, 3.05) is 13.1 Å². The normalized spacial score (nSPS) is 27.2. The Balaban J connectivity index is 1.72. The molecule has 3 nitrogen and oxygen atoms in total. The minimum absolute atomic E-state index is 0.0247. The minimum atomic E-state index is -0.0247. The Kier molecular flexibility index (Phi) is 4.43. The molecule has 3 heteroatoms. The lowest BCUT2D eigenvalue weighted by molar-refractivity contribution is -0.131. The van der Waals surface area contributed by atoms with Gasteiger partial charge in [0, 0.05) is 18.0 Å². The zero-order valence-electron chi connectivity index (χ0n) is 11.1. The van der Waals surface area contributed by atoms with Crippen molar-refractivity contribution in [3.63, 3.8) is 0 Å². The van der Waals surface area contributed by atoms with Crippen molar-refractivity contribution in [1.29, 1.82) is 0 Å². The third-order valence-electron chi connectivity index (χ3n) is 4.66. The summed E-state index contributed by atoms with van der Waals surface area (Å²) in [5.41, 5.74) is -0.0247. The highest BCUT2D eigenvalue weighted by atomic mass is 16.2. The first-order valence-electron chi connectivity index (χ1n) is 7.28. The molecule has 1 heterocycles. The molecule has 2 aliphatic rings. The van der Waals surface area contributed by atoms with Crippen LogP contribution < -0.4 is 10.6 Å². The van der Waals surface area contributed by atoms with Crippen molar-refractivity contribution in [2.24, 2.45) is 5.41 Å². The van der Waals surface area contributed by atoms with Crippen molar-refractivity contribution in [3.05, 3.63) is 0 Å². The van der Waals surface area contributed by atoms with Gasteiger partial charge in [-0.2, -0.15) is 0 Å². The number of nitrogens with one attached hydrogen (secondary N) is 2. The largest absolute Gasteiger partial charge is 0.356 e. The van der Waals surface area contributed by atoms with Gasteiger partial charge < -0.3 is 10.6 Å². The number of carbonyl (C=O) groups excluding carboxylic acids is 1. The van der Waals surface area contributed by atoms with Crippen LogP contribution >= 0.6 is 0 Å². The average Bonchev–Trinajstić information content (AvgIpc) is 3.00. The van der Waals surface area contributed by atoms with Crippen molar-refractivity contribution in [1.82, 2.24) is 10.6 Å². The summed E-state index contributed by atoms with van der Waals surface area (Å²) in [5.74, 6) is 0.315. The summed E-state index contributed by atoms with van der Waals surface area (Å²) in [6.45, 7) is 4.15. The molecular weight excluding hydrogens is 212 g/mol. The van der Waals surface area contributed by atoms with Gasteiger partial charge in [0.1, 0.15) is 0 Å². The Hall–Kier alpha value is -0.570. The molecule has 1 saturated heterocycles. The Labute approximate surface area is 105 Å². The quantitative estimate of drug-likeness (QED) is 0.771. The highest BCUT2D eigenvalue weighted by molar-refractivity contribution is 5.82. The van der Waals surface area contributed by atoms with E-state index >= 15 is 0 Å². The number of hydrogen-bond donors (Lipinski definition) is 2. The molecule has 2 fully saturated rings. The molecule has 1 aliphatic heterocycles. The van der Waals surface area contributed by atoms with Gasteiger partial charge in [0.25, 0.3) is 0 Å². The summed E-state index contributed by atoms with van der Waals surface area (Å²) in [6.07, 6.45) is 9.29. The van der Waals surface area contributed by atoms with Gasteiger partial charge in [-0.1, -0.05) is 19.8 Å². The molecule has 17 heavy (non-hydrogen) atoms. The predicted molar refractivity (Wildman–Crippen MR) is 69.8 cm³/mol. The van der Waals surface area contributed by atoms with Crippen LogP contribution in [-0.2, 0) is 4.79 Å². The Morgan fingerprint density at radius 2 is 2.12 bits per heavy atom. The smallest absolute Gasteiger partial charge is 0.226 e. The van der Waals surface area contributed by atoms with Crippen LogP contribution in [0.1, 0.15) is 58.3 Å². The maximum atomic E-state index is 12.2. The Bertz CT molecular complexity index is 253. The van der Waals surface area contributed by atoms with E-state index in [0.717, 1.165) is 38.8 Å². The number of amides is 1. The lowest BCUT2D eigenvalue weighted by atomic mass is 9.82. The van der Waals surface area contributed by atoms with Crippen LogP contribution in [0, 0.1) is 5.41 Å². The topological polar surface area (TPSA) is 41.1 Å². The molecule has 2 rings (SSSR count). The van der Waals surface area contributed by atoms with Crippen molar-refractivity contribution in [2.45, 2.75) is 64.3 Å². The lowest BCUT2D eigenvalue weighted by Gasteiger charge is -2.26.